The lowest BCUT2D eigenvalue weighted by Crippen LogP contribution is -2.26. The van der Waals surface area contributed by atoms with Gasteiger partial charge in [0.1, 0.15) is 34.8 Å². The zero-order valence-electron chi connectivity index (χ0n) is 17.4. The van der Waals surface area contributed by atoms with E-state index in [0.717, 1.165) is 6.07 Å². The number of carboxylic acid groups (broad SMARTS) is 1. The molecule has 33 heavy (non-hydrogen) atoms. The molecule has 11 heteroatoms. The predicted molar refractivity (Wildman–Crippen MR) is 114 cm³/mol. The van der Waals surface area contributed by atoms with Gasteiger partial charge in [-0.1, -0.05) is 6.07 Å². The number of nitrogens with one attached hydrogen (secondary N) is 2. The van der Waals surface area contributed by atoms with E-state index in [1.165, 1.54) is 37.2 Å². The number of benzene rings is 2. The summed E-state index contributed by atoms with van der Waals surface area (Å²) in [6, 6.07) is 6.70. The summed E-state index contributed by atoms with van der Waals surface area (Å²) >= 11 is 0. The highest BCUT2D eigenvalue weighted by Crippen LogP contribution is 2.34. The molecular weight excluding hydrogens is 438 g/mol. The average molecular weight is 456 g/mol. The molecule has 0 bridgehead atoms. The van der Waals surface area contributed by atoms with Gasteiger partial charge in [-0.05, 0) is 24.3 Å². The Kier molecular flexibility index (Phi) is 5.69. The first-order valence-electron chi connectivity index (χ1n) is 9.60. The number of hydrogen-bond acceptors (Lipinski definition) is 6. The zero-order valence-corrected chi connectivity index (χ0v) is 17.4. The van der Waals surface area contributed by atoms with Crippen LogP contribution in [0.25, 0.3) is 0 Å². The van der Waals surface area contributed by atoms with Crippen LogP contribution >= 0.6 is 0 Å². The largest absolute Gasteiger partial charge is 0.493 e. The molecule has 4 rings (SSSR count). The molecule has 0 saturated heterocycles. The van der Waals surface area contributed by atoms with E-state index in [2.05, 4.69) is 15.7 Å². The molecule has 0 fully saturated rings. The van der Waals surface area contributed by atoms with Crippen LogP contribution in [-0.4, -0.2) is 41.0 Å². The quantitative estimate of drug-likeness (QED) is 0.521. The Bertz CT molecular complexity index is 1290. The highest BCUT2D eigenvalue weighted by Gasteiger charge is 2.31. The predicted octanol–water partition coefficient (Wildman–Crippen LogP) is 3.41. The first-order chi connectivity index (χ1) is 15.8. The molecule has 1 atom stereocenters. The molecule has 2 aromatic carbocycles. The monoisotopic (exact) mass is 456 g/mol. The van der Waals surface area contributed by atoms with Crippen molar-refractivity contribution in [2.75, 3.05) is 24.9 Å². The van der Waals surface area contributed by atoms with Gasteiger partial charge in [-0.15, -0.1) is 0 Å². The van der Waals surface area contributed by atoms with E-state index < -0.39 is 29.6 Å². The Balaban J connectivity index is 1.71. The van der Waals surface area contributed by atoms with Crippen molar-refractivity contribution in [1.82, 2.24) is 9.78 Å². The van der Waals surface area contributed by atoms with Gasteiger partial charge < -0.3 is 25.2 Å². The lowest BCUT2D eigenvalue weighted by Gasteiger charge is -2.24. The van der Waals surface area contributed by atoms with Crippen LogP contribution in [0.3, 0.4) is 0 Å². The summed E-state index contributed by atoms with van der Waals surface area (Å²) in [7, 11) is 2.94. The second-order valence-corrected chi connectivity index (χ2v) is 7.00. The Hall–Kier alpha value is -4.41. The van der Waals surface area contributed by atoms with Crippen LogP contribution in [0.15, 0.2) is 54.4 Å². The van der Waals surface area contributed by atoms with Crippen LogP contribution in [0.1, 0.15) is 22.0 Å². The number of hydrogen-bond donors (Lipinski definition) is 3. The van der Waals surface area contributed by atoms with Crippen molar-refractivity contribution in [3.8, 4) is 11.5 Å². The summed E-state index contributed by atoms with van der Waals surface area (Å²) < 4.78 is 39.5. The Morgan fingerprint density at radius 1 is 1.12 bits per heavy atom. The maximum absolute atomic E-state index is 14.5. The molecule has 2 heterocycles. The molecule has 1 aliphatic heterocycles. The van der Waals surface area contributed by atoms with Gasteiger partial charge >= 0.3 is 5.97 Å². The second kappa shape index (κ2) is 8.61. The standard InChI is InChI=1S/C22H18F2N4O5/c1-32-18-6-4-12(8-19(18)33-2)26-21(29)14-10-25-28-17(9-16(22(30)31)27-20(14)28)13-5-3-11(23)7-15(13)24/h3-10,17,27H,1-2H3,(H,26,29)(H,30,31). The lowest BCUT2D eigenvalue weighted by atomic mass is 10.0. The van der Waals surface area contributed by atoms with Gasteiger partial charge in [0.2, 0.25) is 0 Å². The number of aliphatic carboxylic acids is 1. The number of carbonyl (C=O) groups excluding carboxylic acids is 1. The number of allylic oxidation sites excluding steroid dienone is 1. The molecule has 0 aliphatic carbocycles. The zero-order chi connectivity index (χ0) is 23.7. The molecule has 0 radical (unpaired) electrons. The third-order valence-electron chi connectivity index (χ3n) is 5.03. The summed E-state index contributed by atoms with van der Waals surface area (Å²) in [6.45, 7) is 0. The van der Waals surface area contributed by atoms with Crippen LogP contribution in [0.5, 0.6) is 11.5 Å². The van der Waals surface area contributed by atoms with Crippen LogP contribution < -0.4 is 20.1 Å². The topological polar surface area (TPSA) is 115 Å². The van der Waals surface area contributed by atoms with Crippen LogP contribution in [0, 0.1) is 11.6 Å². The highest BCUT2D eigenvalue weighted by atomic mass is 19.1. The summed E-state index contributed by atoms with van der Waals surface area (Å²) in [6.07, 6.45) is 2.46. The smallest absolute Gasteiger partial charge is 0.352 e. The van der Waals surface area contributed by atoms with Gasteiger partial charge in [0.25, 0.3) is 5.91 Å². The number of aromatic nitrogens is 2. The Morgan fingerprint density at radius 2 is 1.88 bits per heavy atom. The second-order valence-electron chi connectivity index (χ2n) is 7.00. The number of carbonyl (C=O) groups is 2. The number of amides is 1. The van der Waals surface area contributed by atoms with E-state index >= 15 is 0 Å². The highest BCUT2D eigenvalue weighted by molar-refractivity contribution is 6.08. The molecule has 1 amide bonds. The molecule has 1 aliphatic rings. The van der Waals surface area contributed by atoms with Crippen molar-refractivity contribution < 1.29 is 33.0 Å². The summed E-state index contributed by atoms with van der Waals surface area (Å²) in [5.41, 5.74) is 0.123. The van der Waals surface area contributed by atoms with Crippen LogP contribution in [-0.2, 0) is 4.79 Å². The third kappa shape index (κ3) is 4.07. The summed E-state index contributed by atoms with van der Waals surface area (Å²) in [5, 5.41) is 19.0. The molecule has 3 N–H and O–H groups in total. The number of fused-ring (bicyclic) bond motifs is 1. The van der Waals surface area contributed by atoms with Gasteiger partial charge in [0.05, 0.1) is 20.4 Å². The maximum Gasteiger partial charge on any atom is 0.352 e. The van der Waals surface area contributed by atoms with Gasteiger partial charge in [0, 0.05) is 23.4 Å². The van der Waals surface area contributed by atoms with E-state index in [0.29, 0.717) is 23.3 Å². The Labute approximate surface area is 186 Å². The molecule has 0 saturated carbocycles. The van der Waals surface area contributed by atoms with E-state index in [1.807, 2.05) is 0 Å². The molecule has 170 valence electrons. The first kappa shape index (κ1) is 21.8. The molecule has 1 aromatic heterocycles. The molecule has 1 unspecified atom stereocenters. The van der Waals surface area contributed by atoms with Gasteiger partial charge in [-0.2, -0.15) is 5.10 Å². The molecule has 9 nitrogen and oxygen atoms in total. The minimum Gasteiger partial charge on any atom is -0.493 e. The van der Waals surface area contributed by atoms with E-state index in [4.69, 9.17) is 9.47 Å². The number of ether oxygens (including phenoxy) is 2. The van der Waals surface area contributed by atoms with Gasteiger partial charge in [-0.3, -0.25) is 4.79 Å². The van der Waals surface area contributed by atoms with E-state index in [1.54, 1.807) is 18.2 Å². The van der Waals surface area contributed by atoms with Crippen molar-refractivity contribution in [3.63, 3.8) is 0 Å². The number of rotatable bonds is 6. The number of carboxylic acids is 1. The SMILES string of the molecule is COc1ccc(NC(=O)c2cnn3c2NC(C(=O)O)=CC3c2ccc(F)cc2F)cc1OC. The fourth-order valence-corrected chi connectivity index (χ4v) is 3.46. The molecule has 0 spiro atoms. The minimum absolute atomic E-state index is 0.00662. The van der Waals surface area contributed by atoms with Crippen molar-refractivity contribution in [2.45, 2.75) is 6.04 Å². The number of methoxy groups -OCH3 is 2. The fraction of sp³-hybridized carbons (Fsp3) is 0.136. The van der Waals surface area contributed by atoms with Gasteiger partial charge in [0.15, 0.2) is 11.5 Å². The Morgan fingerprint density at radius 3 is 2.55 bits per heavy atom. The summed E-state index contributed by atoms with van der Waals surface area (Å²) in [5.74, 6) is -2.65. The van der Waals surface area contributed by atoms with Crippen LogP contribution in [0.4, 0.5) is 20.3 Å². The van der Waals surface area contributed by atoms with Crippen molar-refractivity contribution >= 4 is 23.4 Å². The lowest BCUT2D eigenvalue weighted by molar-refractivity contribution is -0.132. The number of halogens is 2. The van der Waals surface area contributed by atoms with Crippen molar-refractivity contribution in [3.05, 3.63) is 77.1 Å². The van der Waals surface area contributed by atoms with Crippen LogP contribution in [0.2, 0.25) is 0 Å². The third-order valence-corrected chi connectivity index (χ3v) is 5.03. The fourth-order valence-electron chi connectivity index (χ4n) is 3.46. The van der Waals surface area contributed by atoms with Crippen molar-refractivity contribution in [1.29, 1.82) is 0 Å². The van der Waals surface area contributed by atoms with Gasteiger partial charge in [-0.25, -0.2) is 18.3 Å². The normalized spacial score (nSPS) is 14.5. The average Bonchev–Trinajstić information content (AvgIpc) is 3.22. The first-order valence-corrected chi connectivity index (χ1v) is 9.60. The molecular formula is C22H18F2N4O5. The van der Waals surface area contributed by atoms with Crippen molar-refractivity contribution in [2.24, 2.45) is 0 Å². The number of nitrogens with zero attached hydrogens (tertiary/aromatic N) is 2. The van der Waals surface area contributed by atoms with E-state index in [9.17, 15) is 23.5 Å². The summed E-state index contributed by atoms with van der Waals surface area (Å²) in [4.78, 5) is 24.6. The minimum atomic E-state index is -1.32. The maximum atomic E-state index is 14.5. The number of anilines is 2. The molecule has 3 aromatic rings. The van der Waals surface area contributed by atoms with E-state index in [-0.39, 0.29) is 22.6 Å².